The number of para-hydroxylation sites is 1. The monoisotopic (exact) mass is 398 g/mol. The molecule has 3 N–H and O–H groups in total. The Labute approximate surface area is 168 Å². The van der Waals surface area contributed by atoms with Crippen LogP contribution in [0, 0.1) is 0 Å². The average Bonchev–Trinajstić information content (AvgIpc) is 3.07. The zero-order chi connectivity index (χ0) is 18.6. The minimum absolute atomic E-state index is 0.400. The summed E-state index contributed by atoms with van der Waals surface area (Å²) in [5, 5.41) is 4.24. The normalized spacial score (nSPS) is 15.7. The number of nitrogens with one attached hydrogen (secondary N) is 1. The highest BCUT2D eigenvalue weighted by Crippen LogP contribution is 2.31. The van der Waals surface area contributed by atoms with Crippen LogP contribution < -0.4 is 15.8 Å². The topological polar surface area (TPSA) is 63.4 Å². The molecule has 0 unspecified atom stereocenters. The molecule has 0 saturated carbocycles. The highest BCUT2D eigenvalue weighted by Gasteiger charge is 2.19. The predicted octanol–water partition coefficient (Wildman–Crippen LogP) is 3.89. The number of thiocarbonyl (C=S) groups is 1. The summed E-state index contributed by atoms with van der Waals surface area (Å²) in [6.07, 6.45) is 2.13. The SMILES string of the molecule is NC(=S)NC1CCN(Cc2ccc(Oc3nc4ccccc4s3)cc2)CC1. The number of fused-ring (bicyclic) bond motifs is 1. The number of rotatable bonds is 5. The summed E-state index contributed by atoms with van der Waals surface area (Å²) < 4.78 is 7.06. The van der Waals surface area contributed by atoms with Crippen LogP contribution >= 0.6 is 23.6 Å². The fourth-order valence-electron chi connectivity index (χ4n) is 3.35. The van der Waals surface area contributed by atoms with E-state index in [0.717, 1.165) is 48.4 Å². The summed E-state index contributed by atoms with van der Waals surface area (Å²) in [6.45, 7) is 3.04. The van der Waals surface area contributed by atoms with Crippen LogP contribution in [0.25, 0.3) is 10.2 Å². The van der Waals surface area contributed by atoms with Gasteiger partial charge >= 0.3 is 0 Å². The number of ether oxygens (including phenoxy) is 1. The van der Waals surface area contributed by atoms with Gasteiger partial charge in [0.1, 0.15) is 5.75 Å². The smallest absolute Gasteiger partial charge is 0.279 e. The summed E-state index contributed by atoms with van der Waals surface area (Å²) in [6, 6.07) is 16.8. The molecule has 27 heavy (non-hydrogen) atoms. The van der Waals surface area contributed by atoms with E-state index in [-0.39, 0.29) is 0 Å². The summed E-state index contributed by atoms with van der Waals surface area (Å²) in [5.74, 6) is 0.817. The van der Waals surface area contributed by atoms with Gasteiger partial charge in [-0.3, -0.25) is 4.90 Å². The first kappa shape index (κ1) is 18.2. The van der Waals surface area contributed by atoms with Gasteiger partial charge in [-0.2, -0.15) is 0 Å². The molecule has 1 saturated heterocycles. The van der Waals surface area contributed by atoms with Gasteiger partial charge in [0.2, 0.25) is 0 Å². The van der Waals surface area contributed by atoms with E-state index in [2.05, 4.69) is 33.4 Å². The zero-order valence-corrected chi connectivity index (χ0v) is 16.6. The van der Waals surface area contributed by atoms with Crippen molar-refractivity contribution in [2.24, 2.45) is 5.73 Å². The fourth-order valence-corrected chi connectivity index (χ4v) is 4.35. The van der Waals surface area contributed by atoms with Gasteiger partial charge in [0, 0.05) is 25.7 Å². The highest BCUT2D eigenvalue weighted by molar-refractivity contribution is 7.80. The largest absolute Gasteiger partial charge is 0.431 e. The van der Waals surface area contributed by atoms with Crippen LogP contribution in [0.4, 0.5) is 0 Å². The van der Waals surface area contributed by atoms with E-state index in [1.807, 2.05) is 30.3 Å². The summed E-state index contributed by atoms with van der Waals surface area (Å²) in [7, 11) is 0. The van der Waals surface area contributed by atoms with E-state index in [9.17, 15) is 0 Å². The van der Waals surface area contributed by atoms with Gasteiger partial charge in [0.05, 0.1) is 10.2 Å². The molecule has 0 radical (unpaired) electrons. The maximum Gasteiger partial charge on any atom is 0.279 e. The summed E-state index contributed by atoms with van der Waals surface area (Å²) >= 11 is 6.49. The second-order valence-corrected chi connectivity index (χ2v) is 8.19. The first-order valence-corrected chi connectivity index (χ1v) is 10.3. The molecule has 3 aromatic rings. The van der Waals surface area contributed by atoms with Crippen LogP contribution in [-0.4, -0.2) is 34.1 Å². The molecular weight excluding hydrogens is 376 g/mol. The maximum atomic E-state index is 5.92. The molecule has 4 rings (SSSR count). The molecule has 1 aliphatic rings. The highest BCUT2D eigenvalue weighted by atomic mass is 32.1. The number of piperidine rings is 1. The Hall–Kier alpha value is -2.22. The van der Waals surface area contributed by atoms with Crippen LogP contribution in [0.15, 0.2) is 48.5 Å². The van der Waals surface area contributed by atoms with Crippen LogP contribution in [0.2, 0.25) is 0 Å². The van der Waals surface area contributed by atoms with Gasteiger partial charge in [0.15, 0.2) is 5.11 Å². The van der Waals surface area contributed by atoms with Crippen LogP contribution in [0.1, 0.15) is 18.4 Å². The molecule has 0 bridgehead atoms. The number of aromatic nitrogens is 1. The Morgan fingerprint density at radius 1 is 1.19 bits per heavy atom. The lowest BCUT2D eigenvalue weighted by Gasteiger charge is -2.32. The molecule has 2 heterocycles. The quantitative estimate of drug-likeness (QED) is 0.636. The lowest BCUT2D eigenvalue weighted by molar-refractivity contribution is 0.199. The van der Waals surface area contributed by atoms with E-state index >= 15 is 0 Å². The number of likely N-dealkylation sites (tertiary alicyclic amines) is 1. The van der Waals surface area contributed by atoms with Crippen LogP contribution in [0.3, 0.4) is 0 Å². The fraction of sp³-hybridized carbons (Fsp3) is 0.300. The predicted molar refractivity (Wildman–Crippen MR) is 114 cm³/mol. The van der Waals surface area contributed by atoms with E-state index in [1.165, 1.54) is 5.56 Å². The van der Waals surface area contributed by atoms with Crippen molar-refractivity contribution in [2.45, 2.75) is 25.4 Å². The molecule has 0 spiro atoms. The van der Waals surface area contributed by atoms with Crippen molar-refractivity contribution >= 4 is 38.9 Å². The van der Waals surface area contributed by atoms with E-state index < -0.39 is 0 Å². The Bertz CT molecular complexity index is 884. The second kappa shape index (κ2) is 8.21. The third-order valence-electron chi connectivity index (χ3n) is 4.74. The first-order chi connectivity index (χ1) is 13.2. The third-order valence-corrected chi connectivity index (χ3v) is 5.78. The lowest BCUT2D eigenvalue weighted by atomic mass is 10.0. The van der Waals surface area contributed by atoms with Gasteiger partial charge in [-0.1, -0.05) is 35.6 Å². The second-order valence-electron chi connectivity index (χ2n) is 6.75. The van der Waals surface area contributed by atoms with Crippen molar-refractivity contribution in [3.63, 3.8) is 0 Å². The van der Waals surface area contributed by atoms with Crippen molar-refractivity contribution in [1.29, 1.82) is 0 Å². The molecule has 0 aliphatic carbocycles. The number of hydrogen-bond acceptors (Lipinski definition) is 5. The summed E-state index contributed by atoms with van der Waals surface area (Å²) in [5.41, 5.74) is 7.82. The van der Waals surface area contributed by atoms with Gasteiger partial charge < -0.3 is 15.8 Å². The minimum Gasteiger partial charge on any atom is -0.431 e. The van der Waals surface area contributed by atoms with E-state index in [1.54, 1.807) is 11.3 Å². The number of benzene rings is 2. The minimum atomic E-state index is 0.400. The molecule has 1 aromatic heterocycles. The molecule has 1 fully saturated rings. The van der Waals surface area contributed by atoms with Gasteiger partial charge in [-0.25, -0.2) is 4.98 Å². The summed E-state index contributed by atoms with van der Waals surface area (Å²) in [4.78, 5) is 6.98. The number of nitrogens with zero attached hydrogens (tertiary/aromatic N) is 2. The molecule has 5 nitrogen and oxygen atoms in total. The molecule has 0 amide bonds. The Morgan fingerprint density at radius 2 is 1.93 bits per heavy atom. The van der Waals surface area contributed by atoms with Crippen LogP contribution in [0.5, 0.6) is 10.9 Å². The molecular formula is C20H22N4OS2. The molecule has 140 valence electrons. The third kappa shape index (κ3) is 4.74. The van der Waals surface area contributed by atoms with Crippen molar-refractivity contribution in [2.75, 3.05) is 13.1 Å². The van der Waals surface area contributed by atoms with Crippen molar-refractivity contribution in [3.05, 3.63) is 54.1 Å². The van der Waals surface area contributed by atoms with Crippen molar-refractivity contribution < 1.29 is 4.74 Å². The van der Waals surface area contributed by atoms with E-state index in [0.29, 0.717) is 16.3 Å². The van der Waals surface area contributed by atoms with Gasteiger partial charge in [0.25, 0.3) is 5.19 Å². The van der Waals surface area contributed by atoms with Crippen LogP contribution in [-0.2, 0) is 6.54 Å². The Morgan fingerprint density at radius 3 is 2.63 bits per heavy atom. The first-order valence-electron chi connectivity index (χ1n) is 9.06. The average molecular weight is 399 g/mol. The zero-order valence-electron chi connectivity index (χ0n) is 14.9. The maximum absolute atomic E-state index is 5.92. The number of thiazole rings is 1. The van der Waals surface area contributed by atoms with Gasteiger partial charge in [-0.05, 0) is 54.9 Å². The molecule has 0 atom stereocenters. The van der Waals surface area contributed by atoms with Gasteiger partial charge in [-0.15, -0.1) is 0 Å². The Balaban J connectivity index is 1.32. The van der Waals surface area contributed by atoms with Crippen molar-refractivity contribution in [3.8, 4) is 10.9 Å². The molecule has 1 aliphatic heterocycles. The lowest BCUT2D eigenvalue weighted by Crippen LogP contribution is -2.45. The van der Waals surface area contributed by atoms with E-state index in [4.69, 9.17) is 22.7 Å². The standard InChI is InChI=1S/C20H22N4OS2/c21-19(26)22-15-9-11-24(12-10-15)13-14-5-7-16(8-6-14)25-20-23-17-3-1-2-4-18(17)27-20/h1-8,15H,9-13H2,(H3,21,22,26). The van der Waals surface area contributed by atoms with Crippen molar-refractivity contribution in [1.82, 2.24) is 15.2 Å². The molecule has 7 heteroatoms. The Kier molecular flexibility index (Phi) is 5.52. The number of hydrogen-bond donors (Lipinski definition) is 2. The molecule has 2 aromatic carbocycles. The number of nitrogens with two attached hydrogens (primary N) is 1.